The minimum absolute atomic E-state index is 0.178. The molecule has 0 unspecified atom stereocenters. The summed E-state index contributed by atoms with van der Waals surface area (Å²) in [6, 6.07) is 1.82. The van der Waals surface area contributed by atoms with Gasteiger partial charge in [-0.2, -0.15) is 5.10 Å². The maximum absolute atomic E-state index is 11.1. The van der Waals surface area contributed by atoms with E-state index in [1.165, 1.54) is 4.52 Å². The quantitative estimate of drug-likeness (QED) is 0.837. The van der Waals surface area contributed by atoms with Gasteiger partial charge in [0.1, 0.15) is 0 Å². The number of rotatable bonds is 2. The van der Waals surface area contributed by atoms with Crippen molar-refractivity contribution < 1.29 is 9.90 Å². The van der Waals surface area contributed by atoms with Crippen LogP contribution in [-0.4, -0.2) is 25.7 Å². The number of carboxylic acid groups (broad SMARTS) is 1. The van der Waals surface area contributed by atoms with Crippen LogP contribution in [0.1, 0.15) is 41.5 Å². The van der Waals surface area contributed by atoms with Crippen LogP contribution < -0.4 is 0 Å². The molecule has 0 saturated carbocycles. The van der Waals surface area contributed by atoms with Crippen molar-refractivity contribution in [3.8, 4) is 0 Å². The molecule has 0 aliphatic carbocycles. The second-order valence-corrected chi connectivity index (χ2v) is 4.09. The smallest absolute Gasteiger partial charge is 0.354 e. The van der Waals surface area contributed by atoms with Crippen molar-refractivity contribution in [3.63, 3.8) is 0 Å². The lowest BCUT2D eigenvalue weighted by Gasteiger charge is -2.02. The minimum atomic E-state index is -0.983. The molecule has 0 atom stereocenters. The Balaban J connectivity index is 2.77. The molecule has 16 heavy (non-hydrogen) atoms. The zero-order chi connectivity index (χ0) is 11.9. The van der Waals surface area contributed by atoms with Gasteiger partial charge in [0.25, 0.3) is 0 Å². The summed E-state index contributed by atoms with van der Waals surface area (Å²) in [5, 5.41) is 13.4. The average Bonchev–Trinajstić information content (AvgIpc) is 2.60. The van der Waals surface area contributed by atoms with Gasteiger partial charge in [0, 0.05) is 17.8 Å². The highest BCUT2D eigenvalue weighted by Gasteiger charge is 2.16. The summed E-state index contributed by atoms with van der Waals surface area (Å²) in [6.45, 7) is 5.73. The number of nitrogens with zero attached hydrogens (tertiary/aromatic N) is 3. The standard InChI is InChI=1S/C11H13N3O2/c1-6(2)8-4-9-12-5-7(3)10(11(15)16)14(9)13-8/h4-6H,1-3H3,(H,15,16). The Hall–Kier alpha value is -1.91. The maximum Gasteiger partial charge on any atom is 0.354 e. The molecule has 2 aromatic heterocycles. The molecule has 0 bridgehead atoms. The first kappa shape index (κ1) is 10.6. The maximum atomic E-state index is 11.1. The first-order chi connectivity index (χ1) is 7.50. The molecule has 2 rings (SSSR count). The van der Waals surface area contributed by atoms with Crippen molar-refractivity contribution >= 4 is 11.6 Å². The lowest BCUT2D eigenvalue weighted by Crippen LogP contribution is -2.10. The number of hydrogen-bond acceptors (Lipinski definition) is 3. The van der Waals surface area contributed by atoms with E-state index >= 15 is 0 Å². The molecular formula is C11H13N3O2. The van der Waals surface area contributed by atoms with E-state index in [-0.39, 0.29) is 11.6 Å². The Labute approximate surface area is 92.7 Å². The minimum Gasteiger partial charge on any atom is -0.476 e. The van der Waals surface area contributed by atoms with Gasteiger partial charge in [-0.25, -0.2) is 14.3 Å². The number of aryl methyl sites for hydroxylation is 1. The van der Waals surface area contributed by atoms with E-state index in [1.807, 2.05) is 19.9 Å². The fourth-order valence-corrected chi connectivity index (χ4v) is 1.58. The Morgan fingerprint density at radius 1 is 1.50 bits per heavy atom. The molecule has 84 valence electrons. The van der Waals surface area contributed by atoms with Crippen LogP contribution in [0.5, 0.6) is 0 Å². The number of aromatic nitrogens is 3. The van der Waals surface area contributed by atoms with E-state index in [2.05, 4.69) is 10.1 Å². The molecule has 0 fully saturated rings. The van der Waals surface area contributed by atoms with Crippen molar-refractivity contribution in [3.05, 3.63) is 29.2 Å². The molecule has 0 saturated heterocycles. The Kier molecular flexibility index (Phi) is 2.38. The van der Waals surface area contributed by atoms with Crippen molar-refractivity contribution in [2.24, 2.45) is 0 Å². The van der Waals surface area contributed by atoms with Crippen molar-refractivity contribution in [2.75, 3.05) is 0 Å². The molecule has 1 N–H and O–H groups in total. The van der Waals surface area contributed by atoms with Gasteiger partial charge in [-0.15, -0.1) is 0 Å². The summed E-state index contributed by atoms with van der Waals surface area (Å²) in [5.74, 6) is -0.730. The predicted molar refractivity (Wildman–Crippen MR) is 58.8 cm³/mol. The van der Waals surface area contributed by atoms with Crippen molar-refractivity contribution in [1.82, 2.24) is 14.6 Å². The lowest BCUT2D eigenvalue weighted by atomic mass is 10.1. The predicted octanol–water partition coefficient (Wildman–Crippen LogP) is 1.86. The highest BCUT2D eigenvalue weighted by atomic mass is 16.4. The molecule has 0 aromatic carbocycles. The van der Waals surface area contributed by atoms with E-state index in [4.69, 9.17) is 5.11 Å². The summed E-state index contributed by atoms with van der Waals surface area (Å²) < 4.78 is 1.40. The normalized spacial score (nSPS) is 11.2. The molecule has 0 aliphatic heterocycles. The second kappa shape index (κ2) is 3.59. The summed E-state index contributed by atoms with van der Waals surface area (Å²) >= 11 is 0. The van der Waals surface area contributed by atoms with Gasteiger partial charge in [-0.3, -0.25) is 0 Å². The van der Waals surface area contributed by atoms with Crippen LogP contribution in [0.25, 0.3) is 5.65 Å². The van der Waals surface area contributed by atoms with Crippen LogP contribution in [-0.2, 0) is 0 Å². The summed E-state index contributed by atoms with van der Waals surface area (Å²) in [4.78, 5) is 15.3. The van der Waals surface area contributed by atoms with Crippen molar-refractivity contribution in [2.45, 2.75) is 26.7 Å². The van der Waals surface area contributed by atoms with Gasteiger partial charge in [0.05, 0.1) is 5.69 Å². The van der Waals surface area contributed by atoms with Crippen LogP contribution in [0.4, 0.5) is 0 Å². The van der Waals surface area contributed by atoms with Crippen LogP contribution in [0.3, 0.4) is 0 Å². The van der Waals surface area contributed by atoms with E-state index in [9.17, 15) is 4.79 Å². The van der Waals surface area contributed by atoms with Gasteiger partial charge >= 0.3 is 5.97 Å². The summed E-state index contributed by atoms with van der Waals surface area (Å²) in [7, 11) is 0. The number of fused-ring (bicyclic) bond motifs is 1. The molecule has 5 nitrogen and oxygen atoms in total. The van der Waals surface area contributed by atoms with Gasteiger partial charge in [0.2, 0.25) is 0 Å². The van der Waals surface area contributed by atoms with Crippen molar-refractivity contribution in [1.29, 1.82) is 0 Å². The first-order valence-electron chi connectivity index (χ1n) is 5.09. The highest BCUT2D eigenvalue weighted by Crippen LogP contribution is 2.16. The Morgan fingerprint density at radius 3 is 2.75 bits per heavy atom. The third kappa shape index (κ3) is 1.54. The fourth-order valence-electron chi connectivity index (χ4n) is 1.58. The summed E-state index contributed by atoms with van der Waals surface area (Å²) in [5.41, 5.74) is 2.21. The van der Waals surface area contributed by atoms with Crippen LogP contribution in [0.2, 0.25) is 0 Å². The number of carboxylic acids is 1. The van der Waals surface area contributed by atoms with E-state index in [0.717, 1.165) is 5.69 Å². The van der Waals surface area contributed by atoms with Crippen LogP contribution >= 0.6 is 0 Å². The SMILES string of the molecule is Cc1cnc2cc(C(C)C)nn2c1C(=O)O. The molecular weight excluding hydrogens is 206 g/mol. The zero-order valence-corrected chi connectivity index (χ0v) is 9.43. The Morgan fingerprint density at radius 2 is 2.19 bits per heavy atom. The molecule has 0 radical (unpaired) electrons. The van der Waals surface area contributed by atoms with Gasteiger partial charge in [-0.1, -0.05) is 13.8 Å². The number of aromatic carboxylic acids is 1. The fraction of sp³-hybridized carbons (Fsp3) is 0.364. The number of hydrogen-bond donors (Lipinski definition) is 1. The second-order valence-electron chi connectivity index (χ2n) is 4.09. The topological polar surface area (TPSA) is 67.5 Å². The van der Waals surface area contributed by atoms with E-state index in [0.29, 0.717) is 11.2 Å². The van der Waals surface area contributed by atoms with Gasteiger partial charge < -0.3 is 5.11 Å². The average molecular weight is 219 g/mol. The number of carbonyl (C=O) groups is 1. The third-order valence-corrected chi connectivity index (χ3v) is 2.48. The molecule has 0 spiro atoms. The van der Waals surface area contributed by atoms with E-state index < -0.39 is 5.97 Å². The van der Waals surface area contributed by atoms with E-state index in [1.54, 1.807) is 13.1 Å². The van der Waals surface area contributed by atoms with Crippen LogP contribution in [0.15, 0.2) is 12.3 Å². The third-order valence-electron chi connectivity index (χ3n) is 2.48. The lowest BCUT2D eigenvalue weighted by molar-refractivity contribution is 0.0686. The molecule has 2 heterocycles. The van der Waals surface area contributed by atoms with Gasteiger partial charge in [-0.05, 0) is 12.8 Å². The monoisotopic (exact) mass is 219 g/mol. The molecule has 0 aliphatic rings. The molecule has 2 aromatic rings. The van der Waals surface area contributed by atoms with Crippen LogP contribution in [0, 0.1) is 6.92 Å². The highest BCUT2D eigenvalue weighted by molar-refractivity contribution is 5.87. The summed E-state index contributed by atoms with van der Waals surface area (Å²) in [6.07, 6.45) is 1.56. The molecule has 5 heteroatoms. The first-order valence-corrected chi connectivity index (χ1v) is 5.09. The zero-order valence-electron chi connectivity index (χ0n) is 9.43. The Bertz CT molecular complexity index is 558. The largest absolute Gasteiger partial charge is 0.476 e. The van der Waals surface area contributed by atoms with Gasteiger partial charge in [0.15, 0.2) is 11.3 Å². The molecule has 0 amide bonds.